The first-order valence-corrected chi connectivity index (χ1v) is 5.04. The van der Waals surface area contributed by atoms with E-state index in [2.05, 4.69) is 17.2 Å². The molecule has 1 N–H and O–H groups in total. The number of hydrogen-bond acceptors (Lipinski definition) is 1. The van der Waals surface area contributed by atoms with E-state index in [-0.39, 0.29) is 5.91 Å². The SMILES string of the molecule is CC#CC(=O)NC1CCC1C1CC1. The summed E-state index contributed by atoms with van der Waals surface area (Å²) >= 11 is 0. The van der Waals surface area contributed by atoms with Crippen molar-refractivity contribution in [1.29, 1.82) is 0 Å². The standard InChI is InChI=1S/C11H15NO/c1-2-3-11(13)12-10-7-6-9(10)8-4-5-8/h8-10H,4-7H2,1H3,(H,12,13). The van der Waals surface area contributed by atoms with Gasteiger partial charge in [0, 0.05) is 6.04 Å². The Kier molecular flexibility index (Phi) is 2.26. The van der Waals surface area contributed by atoms with Crippen LogP contribution in [0.15, 0.2) is 0 Å². The molecule has 2 unspecified atom stereocenters. The summed E-state index contributed by atoms with van der Waals surface area (Å²) in [7, 11) is 0. The van der Waals surface area contributed by atoms with E-state index in [0.717, 1.165) is 18.3 Å². The molecule has 13 heavy (non-hydrogen) atoms. The van der Waals surface area contributed by atoms with Gasteiger partial charge < -0.3 is 5.32 Å². The van der Waals surface area contributed by atoms with Crippen molar-refractivity contribution in [1.82, 2.24) is 5.32 Å². The van der Waals surface area contributed by atoms with Crippen molar-refractivity contribution in [2.24, 2.45) is 11.8 Å². The summed E-state index contributed by atoms with van der Waals surface area (Å²) < 4.78 is 0. The Morgan fingerprint density at radius 3 is 2.54 bits per heavy atom. The molecule has 2 atom stereocenters. The van der Waals surface area contributed by atoms with Crippen molar-refractivity contribution in [3.63, 3.8) is 0 Å². The fourth-order valence-corrected chi connectivity index (χ4v) is 2.11. The lowest BCUT2D eigenvalue weighted by atomic mass is 9.76. The number of hydrogen-bond donors (Lipinski definition) is 1. The van der Waals surface area contributed by atoms with Crippen LogP contribution in [0.4, 0.5) is 0 Å². The summed E-state index contributed by atoms with van der Waals surface area (Å²) in [5, 5.41) is 2.98. The first-order chi connectivity index (χ1) is 6.31. The van der Waals surface area contributed by atoms with Crippen LogP contribution < -0.4 is 5.32 Å². The third kappa shape index (κ3) is 1.85. The average Bonchev–Trinajstić information content (AvgIpc) is 2.83. The van der Waals surface area contributed by atoms with Crippen molar-refractivity contribution in [2.45, 2.75) is 38.6 Å². The Balaban J connectivity index is 1.80. The molecule has 0 aromatic rings. The molecule has 70 valence electrons. The van der Waals surface area contributed by atoms with E-state index in [1.54, 1.807) is 6.92 Å². The normalized spacial score (nSPS) is 31.2. The number of carbonyl (C=O) groups excluding carboxylic acids is 1. The maximum Gasteiger partial charge on any atom is 0.296 e. The van der Waals surface area contributed by atoms with Gasteiger partial charge in [-0.1, -0.05) is 5.92 Å². The molecule has 0 spiro atoms. The van der Waals surface area contributed by atoms with Crippen molar-refractivity contribution >= 4 is 5.91 Å². The van der Waals surface area contributed by atoms with Crippen LogP contribution in [0.3, 0.4) is 0 Å². The molecule has 0 heterocycles. The van der Waals surface area contributed by atoms with Crippen LogP contribution >= 0.6 is 0 Å². The molecule has 1 amide bonds. The maximum atomic E-state index is 11.2. The lowest BCUT2D eigenvalue weighted by Gasteiger charge is -2.36. The van der Waals surface area contributed by atoms with E-state index in [9.17, 15) is 4.79 Å². The second-order valence-corrected chi connectivity index (χ2v) is 4.03. The highest BCUT2D eigenvalue weighted by molar-refractivity contribution is 5.93. The molecule has 0 aliphatic heterocycles. The van der Waals surface area contributed by atoms with Gasteiger partial charge in [-0.25, -0.2) is 0 Å². The topological polar surface area (TPSA) is 29.1 Å². The van der Waals surface area contributed by atoms with Crippen molar-refractivity contribution in [2.75, 3.05) is 0 Å². The van der Waals surface area contributed by atoms with Gasteiger partial charge in [-0.3, -0.25) is 4.79 Å². The quantitative estimate of drug-likeness (QED) is 0.633. The zero-order valence-electron chi connectivity index (χ0n) is 7.97. The Morgan fingerprint density at radius 1 is 1.31 bits per heavy atom. The Bertz CT molecular complexity index is 270. The molecule has 2 nitrogen and oxygen atoms in total. The molecule has 0 bridgehead atoms. The Morgan fingerprint density at radius 2 is 2.08 bits per heavy atom. The minimum atomic E-state index is -0.0992. The first kappa shape index (κ1) is 8.62. The van der Waals surface area contributed by atoms with Gasteiger partial charge in [0.1, 0.15) is 0 Å². The second kappa shape index (κ2) is 3.41. The van der Waals surface area contributed by atoms with Gasteiger partial charge in [-0.05, 0) is 50.4 Å². The molecule has 2 rings (SSSR count). The van der Waals surface area contributed by atoms with Crippen LogP contribution in [-0.2, 0) is 4.79 Å². The lowest BCUT2D eigenvalue weighted by Crippen LogP contribution is -2.47. The number of rotatable bonds is 2. The molecule has 0 aromatic heterocycles. The third-order valence-electron chi connectivity index (χ3n) is 3.11. The molecular weight excluding hydrogens is 162 g/mol. The summed E-state index contributed by atoms with van der Waals surface area (Å²) in [5.41, 5.74) is 0. The van der Waals surface area contributed by atoms with E-state index in [0.29, 0.717) is 6.04 Å². The summed E-state index contributed by atoms with van der Waals surface area (Å²) in [6, 6.07) is 0.431. The monoisotopic (exact) mass is 177 g/mol. The highest BCUT2D eigenvalue weighted by Crippen LogP contribution is 2.46. The number of nitrogens with one attached hydrogen (secondary N) is 1. The van der Waals surface area contributed by atoms with E-state index in [4.69, 9.17) is 0 Å². The molecule has 0 radical (unpaired) electrons. The molecule has 0 saturated heterocycles. The predicted molar refractivity (Wildman–Crippen MR) is 50.8 cm³/mol. The van der Waals surface area contributed by atoms with Gasteiger partial charge in [0.25, 0.3) is 5.91 Å². The van der Waals surface area contributed by atoms with E-state index in [1.807, 2.05) is 0 Å². The zero-order valence-corrected chi connectivity index (χ0v) is 7.97. The maximum absolute atomic E-state index is 11.2. The smallest absolute Gasteiger partial charge is 0.296 e. The van der Waals surface area contributed by atoms with Crippen LogP contribution in [-0.4, -0.2) is 11.9 Å². The van der Waals surface area contributed by atoms with Crippen LogP contribution in [0, 0.1) is 23.7 Å². The Hall–Kier alpha value is -0.970. The van der Waals surface area contributed by atoms with Gasteiger partial charge in [-0.15, -0.1) is 0 Å². The largest absolute Gasteiger partial charge is 0.342 e. The fraction of sp³-hybridized carbons (Fsp3) is 0.727. The number of amides is 1. The lowest BCUT2D eigenvalue weighted by molar-refractivity contribution is -0.117. The van der Waals surface area contributed by atoms with Crippen LogP contribution in [0.5, 0.6) is 0 Å². The number of carbonyl (C=O) groups is 1. The van der Waals surface area contributed by atoms with Crippen LogP contribution in [0.2, 0.25) is 0 Å². The van der Waals surface area contributed by atoms with Gasteiger partial charge in [-0.2, -0.15) is 0 Å². The molecule has 0 aromatic carbocycles. The molecule has 2 heteroatoms. The molecule has 2 aliphatic rings. The molecule has 2 fully saturated rings. The van der Waals surface area contributed by atoms with Crippen molar-refractivity contribution in [3.8, 4) is 11.8 Å². The minimum absolute atomic E-state index is 0.0992. The predicted octanol–water partition coefficient (Wildman–Crippen LogP) is 1.31. The zero-order chi connectivity index (χ0) is 9.26. The van der Waals surface area contributed by atoms with Gasteiger partial charge >= 0.3 is 0 Å². The van der Waals surface area contributed by atoms with Gasteiger partial charge in [0.15, 0.2) is 0 Å². The fourth-order valence-electron chi connectivity index (χ4n) is 2.11. The molecule has 2 aliphatic carbocycles. The second-order valence-electron chi connectivity index (χ2n) is 4.03. The van der Waals surface area contributed by atoms with Crippen molar-refractivity contribution in [3.05, 3.63) is 0 Å². The molecular formula is C11H15NO. The summed E-state index contributed by atoms with van der Waals surface area (Å²) in [5.74, 6) is 6.72. The van der Waals surface area contributed by atoms with Crippen LogP contribution in [0.1, 0.15) is 32.6 Å². The van der Waals surface area contributed by atoms with E-state index in [1.165, 1.54) is 19.3 Å². The van der Waals surface area contributed by atoms with Crippen molar-refractivity contribution < 1.29 is 4.79 Å². The third-order valence-corrected chi connectivity index (χ3v) is 3.11. The average molecular weight is 177 g/mol. The summed E-state index contributed by atoms with van der Waals surface area (Å²) in [6.07, 6.45) is 5.19. The molecule has 2 saturated carbocycles. The van der Waals surface area contributed by atoms with Gasteiger partial charge in [0.2, 0.25) is 0 Å². The highest BCUT2D eigenvalue weighted by Gasteiger charge is 2.42. The van der Waals surface area contributed by atoms with Crippen LogP contribution in [0.25, 0.3) is 0 Å². The Labute approximate surface area is 79.1 Å². The minimum Gasteiger partial charge on any atom is -0.342 e. The van der Waals surface area contributed by atoms with E-state index >= 15 is 0 Å². The summed E-state index contributed by atoms with van der Waals surface area (Å²) in [4.78, 5) is 11.2. The highest BCUT2D eigenvalue weighted by atomic mass is 16.1. The van der Waals surface area contributed by atoms with Gasteiger partial charge in [0.05, 0.1) is 0 Å². The van der Waals surface area contributed by atoms with E-state index < -0.39 is 0 Å². The summed E-state index contributed by atoms with van der Waals surface area (Å²) in [6.45, 7) is 1.69. The first-order valence-electron chi connectivity index (χ1n) is 5.04.